The van der Waals surface area contributed by atoms with E-state index in [1.807, 2.05) is 39.1 Å². The van der Waals surface area contributed by atoms with E-state index in [4.69, 9.17) is 9.47 Å². The molecule has 0 saturated heterocycles. The highest BCUT2D eigenvalue weighted by molar-refractivity contribution is 5.71. The first-order valence-corrected chi connectivity index (χ1v) is 8.79. The van der Waals surface area contributed by atoms with Crippen molar-refractivity contribution in [3.8, 4) is 16.9 Å². The van der Waals surface area contributed by atoms with Crippen molar-refractivity contribution in [3.63, 3.8) is 0 Å². The number of hydrogen-bond acceptors (Lipinski definition) is 5. The van der Waals surface area contributed by atoms with Crippen LogP contribution in [0.5, 0.6) is 5.75 Å². The molecule has 3 rings (SSSR count). The van der Waals surface area contributed by atoms with Gasteiger partial charge in [0, 0.05) is 30.4 Å². The number of fused-ring (bicyclic) bond motifs is 1. The van der Waals surface area contributed by atoms with Gasteiger partial charge in [-0.25, -0.2) is 9.18 Å². The van der Waals surface area contributed by atoms with Crippen molar-refractivity contribution in [1.29, 1.82) is 0 Å². The van der Waals surface area contributed by atoms with Gasteiger partial charge in [-0.2, -0.15) is 0 Å². The van der Waals surface area contributed by atoms with Gasteiger partial charge in [0.2, 0.25) is 0 Å². The molecule has 0 N–H and O–H groups in total. The number of rotatable bonds is 4. The molecule has 0 bridgehead atoms. The van der Waals surface area contributed by atoms with Crippen LogP contribution in [0.2, 0.25) is 0 Å². The molecule has 2 heterocycles. The van der Waals surface area contributed by atoms with E-state index < -0.39 is 11.7 Å². The summed E-state index contributed by atoms with van der Waals surface area (Å²) in [5.41, 5.74) is 1.61. The minimum Gasteiger partial charge on any atom is -0.496 e. The van der Waals surface area contributed by atoms with Gasteiger partial charge >= 0.3 is 6.09 Å². The summed E-state index contributed by atoms with van der Waals surface area (Å²) in [7, 11) is 3.14. The van der Waals surface area contributed by atoms with E-state index in [-0.39, 0.29) is 12.4 Å². The molecular formula is C20H23FN4O3. The number of benzene rings is 1. The molecule has 0 radical (unpaired) electrons. The molecule has 0 unspecified atom stereocenters. The molecule has 2 aromatic heterocycles. The fraction of sp³-hybridized carbons (Fsp3) is 0.350. The van der Waals surface area contributed by atoms with Crippen molar-refractivity contribution in [3.05, 3.63) is 48.2 Å². The smallest absolute Gasteiger partial charge is 0.410 e. The third kappa shape index (κ3) is 4.21. The van der Waals surface area contributed by atoms with Gasteiger partial charge in [-0.3, -0.25) is 4.40 Å². The second-order valence-electron chi connectivity index (χ2n) is 7.44. The number of halogens is 1. The summed E-state index contributed by atoms with van der Waals surface area (Å²) < 4.78 is 26.0. The average Bonchev–Trinajstić information content (AvgIpc) is 3.02. The fourth-order valence-corrected chi connectivity index (χ4v) is 2.73. The summed E-state index contributed by atoms with van der Waals surface area (Å²) in [4.78, 5) is 13.7. The Bertz CT molecular complexity index is 1010. The fourth-order valence-electron chi connectivity index (χ4n) is 2.73. The van der Waals surface area contributed by atoms with Gasteiger partial charge in [0.15, 0.2) is 11.5 Å². The van der Waals surface area contributed by atoms with Crippen molar-refractivity contribution in [2.24, 2.45) is 0 Å². The molecule has 0 saturated carbocycles. The lowest BCUT2D eigenvalue weighted by Crippen LogP contribution is -2.34. The highest BCUT2D eigenvalue weighted by atomic mass is 19.1. The van der Waals surface area contributed by atoms with Gasteiger partial charge in [0.05, 0.1) is 13.7 Å². The van der Waals surface area contributed by atoms with Crippen LogP contribution in [0, 0.1) is 5.82 Å². The molecule has 0 aliphatic heterocycles. The van der Waals surface area contributed by atoms with E-state index in [1.54, 1.807) is 17.5 Å². The topological polar surface area (TPSA) is 69.0 Å². The summed E-state index contributed by atoms with van der Waals surface area (Å²) in [6, 6.07) is 8.05. The monoisotopic (exact) mass is 386 g/mol. The maximum atomic E-state index is 13.5. The number of nitrogens with zero attached hydrogens (tertiary/aromatic N) is 4. The molecule has 0 fully saturated rings. The van der Waals surface area contributed by atoms with Crippen LogP contribution in [0.1, 0.15) is 26.6 Å². The van der Waals surface area contributed by atoms with Crippen LogP contribution >= 0.6 is 0 Å². The maximum Gasteiger partial charge on any atom is 0.410 e. The Morgan fingerprint density at radius 3 is 2.64 bits per heavy atom. The van der Waals surface area contributed by atoms with Gasteiger partial charge in [0.1, 0.15) is 17.2 Å². The lowest BCUT2D eigenvalue weighted by molar-refractivity contribution is 0.0280. The van der Waals surface area contributed by atoms with Crippen LogP contribution in [-0.2, 0) is 11.3 Å². The third-order valence-electron chi connectivity index (χ3n) is 4.03. The third-order valence-corrected chi connectivity index (χ3v) is 4.03. The number of carbonyl (C=O) groups excluding carboxylic acids is 1. The molecule has 1 amide bonds. The van der Waals surface area contributed by atoms with Gasteiger partial charge in [-0.15, -0.1) is 10.2 Å². The maximum absolute atomic E-state index is 13.5. The van der Waals surface area contributed by atoms with E-state index in [9.17, 15) is 9.18 Å². The molecule has 148 valence electrons. The van der Waals surface area contributed by atoms with E-state index in [0.717, 1.165) is 11.1 Å². The number of amides is 1. The van der Waals surface area contributed by atoms with Crippen LogP contribution < -0.4 is 4.74 Å². The van der Waals surface area contributed by atoms with Crippen LogP contribution in [0.3, 0.4) is 0 Å². The highest BCUT2D eigenvalue weighted by Crippen LogP contribution is 2.30. The summed E-state index contributed by atoms with van der Waals surface area (Å²) in [5.74, 6) is 0.636. The highest BCUT2D eigenvalue weighted by Gasteiger charge is 2.21. The summed E-state index contributed by atoms with van der Waals surface area (Å²) in [6.45, 7) is 5.66. The second-order valence-corrected chi connectivity index (χ2v) is 7.44. The zero-order valence-electron chi connectivity index (χ0n) is 16.6. The summed E-state index contributed by atoms with van der Waals surface area (Å²) in [6.07, 6.45) is 1.39. The SMILES string of the molecule is COc1cc(F)ccc1-c1ccc2nnc(CN(C)C(=O)OC(C)(C)C)n2c1. The second kappa shape index (κ2) is 7.46. The van der Waals surface area contributed by atoms with Gasteiger partial charge < -0.3 is 14.4 Å². The van der Waals surface area contributed by atoms with Crippen LogP contribution in [-0.4, -0.2) is 45.3 Å². The Morgan fingerprint density at radius 2 is 1.96 bits per heavy atom. The first kappa shape index (κ1) is 19.6. The number of carbonyl (C=O) groups is 1. The summed E-state index contributed by atoms with van der Waals surface area (Å²) in [5, 5.41) is 8.32. The van der Waals surface area contributed by atoms with Crippen LogP contribution in [0.15, 0.2) is 36.5 Å². The van der Waals surface area contributed by atoms with Crippen molar-refractivity contribution in [1.82, 2.24) is 19.5 Å². The number of hydrogen-bond donors (Lipinski definition) is 0. The molecular weight excluding hydrogens is 363 g/mol. The van der Waals surface area contributed by atoms with Crippen LogP contribution in [0.4, 0.5) is 9.18 Å². The van der Waals surface area contributed by atoms with Gasteiger partial charge in [-0.1, -0.05) is 0 Å². The minimum absolute atomic E-state index is 0.222. The minimum atomic E-state index is -0.579. The Labute approximate surface area is 162 Å². The Balaban J connectivity index is 1.92. The van der Waals surface area contributed by atoms with Crippen LogP contribution in [0.25, 0.3) is 16.8 Å². The molecule has 0 aliphatic rings. The van der Waals surface area contributed by atoms with Gasteiger partial charge in [-0.05, 0) is 45.0 Å². The first-order valence-electron chi connectivity index (χ1n) is 8.79. The lowest BCUT2D eigenvalue weighted by atomic mass is 10.1. The standard InChI is InChI=1S/C20H23FN4O3/c1-20(2,3)28-19(26)24(4)12-18-23-22-17-9-6-13(11-25(17)18)15-8-7-14(21)10-16(15)27-5/h6-11H,12H2,1-5H3. The normalized spacial score (nSPS) is 11.5. The van der Waals surface area contributed by atoms with Crippen molar-refractivity contribution in [2.75, 3.05) is 14.2 Å². The van der Waals surface area contributed by atoms with E-state index in [1.165, 1.54) is 24.1 Å². The van der Waals surface area contributed by atoms with Gasteiger partial charge in [0.25, 0.3) is 0 Å². The van der Waals surface area contributed by atoms with E-state index >= 15 is 0 Å². The predicted octanol–water partition coefficient (Wildman–Crippen LogP) is 3.91. The zero-order valence-corrected chi connectivity index (χ0v) is 16.6. The molecule has 8 heteroatoms. The largest absolute Gasteiger partial charge is 0.496 e. The average molecular weight is 386 g/mol. The molecule has 0 aliphatic carbocycles. The number of ether oxygens (including phenoxy) is 2. The molecule has 0 spiro atoms. The quantitative estimate of drug-likeness (QED) is 0.680. The summed E-state index contributed by atoms with van der Waals surface area (Å²) >= 11 is 0. The Kier molecular flexibility index (Phi) is 5.22. The molecule has 0 atom stereocenters. The first-order chi connectivity index (χ1) is 13.2. The molecule has 7 nitrogen and oxygen atoms in total. The van der Waals surface area contributed by atoms with E-state index in [2.05, 4.69) is 10.2 Å². The molecule has 28 heavy (non-hydrogen) atoms. The predicted molar refractivity (Wildman–Crippen MR) is 103 cm³/mol. The molecule has 3 aromatic rings. The van der Waals surface area contributed by atoms with E-state index in [0.29, 0.717) is 17.2 Å². The lowest BCUT2D eigenvalue weighted by Gasteiger charge is -2.24. The van der Waals surface area contributed by atoms with Crippen molar-refractivity contribution >= 4 is 11.7 Å². The Hall–Kier alpha value is -3.16. The zero-order chi connectivity index (χ0) is 20.5. The van der Waals surface area contributed by atoms with Crippen molar-refractivity contribution < 1.29 is 18.7 Å². The van der Waals surface area contributed by atoms with Crippen molar-refractivity contribution in [2.45, 2.75) is 32.9 Å². The Morgan fingerprint density at radius 1 is 1.21 bits per heavy atom. The number of pyridine rings is 1. The number of aromatic nitrogens is 3. The molecule has 1 aromatic carbocycles. The number of methoxy groups -OCH3 is 1.